The number of likely N-dealkylation sites (tertiary alicyclic amines) is 1. The van der Waals surface area contributed by atoms with Gasteiger partial charge in [0.05, 0.1) is 18.5 Å². The highest BCUT2D eigenvalue weighted by atomic mass is 16.2. The Balaban J connectivity index is 1.50. The van der Waals surface area contributed by atoms with Gasteiger partial charge in [0.15, 0.2) is 0 Å². The number of anilines is 1. The maximum absolute atomic E-state index is 12.5. The van der Waals surface area contributed by atoms with Crippen LogP contribution in [-0.4, -0.2) is 23.4 Å². The van der Waals surface area contributed by atoms with Crippen molar-refractivity contribution in [2.45, 2.75) is 13.3 Å². The molecule has 3 aliphatic rings. The van der Waals surface area contributed by atoms with Gasteiger partial charge in [-0.05, 0) is 42.9 Å². The third-order valence-electron chi connectivity index (χ3n) is 5.02. The van der Waals surface area contributed by atoms with E-state index in [1.54, 1.807) is 0 Å². The van der Waals surface area contributed by atoms with Gasteiger partial charge < -0.3 is 5.32 Å². The van der Waals surface area contributed by atoms with Crippen LogP contribution in [0.3, 0.4) is 0 Å². The molecule has 108 valence electrons. The number of fused-ring (bicyclic) bond motifs is 5. The maximum Gasteiger partial charge on any atom is 0.235 e. The zero-order valence-electron chi connectivity index (χ0n) is 12.0. The van der Waals surface area contributed by atoms with Gasteiger partial charge in [-0.25, -0.2) is 0 Å². The molecule has 2 bridgehead atoms. The minimum absolute atomic E-state index is 0.00185. The Morgan fingerprint density at radius 3 is 2.43 bits per heavy atom. The topological polar surface area (TPSA) is 49.4 Å². The number of amides is 2. The molecule has 0 unspecified atom stereocenters. The number of hydrogen-bond acceptors (Lipinski definition) is 3. The minimum atomic E-state index is -0.105. The van der Waals surface area contributed by atoms with Crippen LogP contribution in [0.2, 0.25) is 0 Å². The third kappa shape index (κ3) is 1.82. The lowest BCUT2D eigenvalue weighted by molar-refractivity contribution is -0.140. The third-order valence-corrected chi connectivity index (χ3v) is 5.02. The quantitative estimate of drug-likeness (QED) is 0.683. The molecule has 21 heavy (non-hydrogen) atoms. The molecular weight excluding hydrogens is 264 g/mol. The standard InChI is InChI=1S/C17H18N2O2/c1-10-3-2-4-13(7-10)18-9-19-16(20)14-11-5-6-12(8-11)15(14)17(19)21/h2-7,11-12,14-15,18H,8-9H2,1H3/t11-,12-,14-,15+/m0/s1. The summed E-state index contributed by atoms with van der Waals surface area (Å²) in [6.07, 6.45) is 5.22. The Bertz CT molecular complexity index is 622. The second-order valence-corrected chi connectivity index (χ2v) is 6.31. The van der Waals surface area contributed by atoms with Crippen molar-refractivity contribution in [2.75, 3.05) is 12.0 Å². The van der Waals surface area contributed by atoms with Crippen molar-refractivity contribution < 1.29 is 9.59 Å². The second kappa shape index (κ2) is 4.45. The van der Waals surface area contributed by atoms with Crippen molar-refractivity contribution in [2.24, 2.45) is 23.7 Å². The molecule has 2 aliphatic carbocycles. The first kappa shape index (κ1) is 12.6. The molecule has 1 saturated heterocycles. The van der Waals surface area contributed by atoms with Crippen molar-refractivity contribution in [1.29, 1.82) is 0 Å². The Morgan fingerprint density at radius 1 is 1.14 bits per heavy atom. The summed E-state index contributed by atoms with van der Waals surface area (Å²) in [6.45, 7) is 2.29. The summed E-state index contributed by atoms with van der Waals surface area (Å²) in [5.41, 5.74) is 2.09. The van der Waals surface area contributed by atoms with Gasteiger partial charge >= 0.3 is 0 Å². The molecule has 4 heteroatoms. The molecule has 1 N–H and O–H groups in total. The van der Waals surface area contributed by atoms with Crippen LogP contribution in [0.4, 0.5) is 5.69 Å². The number of aryl methyl sites for hydroxylation is 1. The van der Waals surface area contributed by atoms with Gasteiger partial charge in [0.1, 0.15) is 0 Å². The fourth-order valence-corrected chi connectivity index (χ4v) is 4.05. The molecule has 1 heterocycles. The lowest BCUT2D eigenvalue weighted by Gasteiger charge is -2.18. The van der Waals surface area contributed by atoms with E-state index in [1.165, 1.54) is 4.90 Å². The number of allylic oxidation sites excluding steroid dienone is 2. The van der Waals surface area contributed by atoms with Crippen LogP contribution in [0.5, 0.6) is 0 Å². The molecule has 0 spiro atoms. The van der Waals surface area contributed by atoms with E-state index in [1.807, 2.05) is 31.2 Å². The SMILES string of the molecule is Cc1cccc(NCN2C(=O)[C@@H]3[C@H](C2=O)[C@H]2C=C[C@H]3C2)c1. The molecular formula is C17H18N2O2. The highest BCUT2D eigenvalue weighted by Gasteiger charge is 2.59. The number of imide groups is 1. The minimum Gasteiger partial charge on any atom is -0.367 e. The molecule has 1 aromatic rings. The van der Waals surface area contributed by atoms with E-state index in [2.05, 4.69) is 17.5 Å². The number of benzene rings is 1. The molecule has 0 aromatic heterocycles. The van der Waals surface area contributed by atoms with E-state index in [9.17, 15) is 9.59 Å². The van der Waals surface area contributed by atoms with Crippen LogP contribution in [0.15, 0.2) is 36.4 Å². The number of carbonyl (C=O) groups excluding carboxylic acids is 2. The number of carbonyl (C=O) groups is 2. The zero-order chi connectivity index (χ0) is 14.6. The van der Waals surface area contributed by atoms with Crippen molar-refractivity contribution in [3.05, 3.63) is 42.0 Å². The number of rotatable bonds is 3. The Hall–Kier alpha value is -2.10. The summed E-state index contributed by atoms with van der Waals surface area (Å²) in [5, 5.41) is 3.19. The normalized spacial score (nSPS) is 32.9. The highest BCUT2D eigenvalue weighted by molar-refractivity contribution is 6.06. The average Bonchev–Trinajstić information content (AvgIpc) is 3.12. The lowest BCUT2D eigenvalue weighted by Crippen LogP contribution is -2.37. The van der Waals surface area contributed by atoms with Gasteiger partial charge in [-0.3, -0.25) is 14.5 Å². The summed E-state index contributed by atoms with van der Waals surface area (Å²) in [6, 6.07) is 7.94. The van der Waals surface area contributed by atoms with Crippen LogP contribution < -0.4 is 5.32 Å². The first-order valence-corrected chi connectivity index (χ1v) is 7.49. The number of nitrogens with zero attached hydrogens (tertiary/aromatic N) is 1. The Labute approximate surface area is 123 Å². The van der Waals surface area contributed by atoms with Crippen LogP contribution in [0, 0.1) is 30.6 Å². The van der Waals surface area contributed by atoms with Gasteiger partial charge in [0, 0.05) is 5.69 Å². The van der Waals surface area contributed by atoms with Crippen LogP contribution >= 0.6 is 0 Å². The van der Waals surface area contributed by atoms with Gasteiger partial charge in [0.2, 0.25) is 11.8 Å². The van der Waals surface area contributed by atoms with E-state index in [0.29, 0.717) is 0 Å². The number of nitrogens with one attached hydrogen (secondary N) is 1. The molecule has 1 saturated carbocycles. The van der Waals surface area contributed by atoms with Crippen LogP contribution in [-0.2, 0) is 9.59 Å². The molecule has 2 amide bonds. The Kier molecular flexibility index (Phi) is 2.67. The lowest BCUT2D eigenvalue weighted by atomic mass is 9.85. The first-order valence-electron chi connectivity index (χ1n) is 7.49. The Morgan fingerprint density at radius 2 is 1.81 bits per heavy atom. The summed E-state index contributed by atoms with van der Waals surface area (Å²) < 4.78 is 0. The fourth-order valence-electron chi connectivity index (χ4n) is 4.05. The second-order valence-electron chi connectivity index (χ2n) is 6.31. The molecule has 1 aliphatic heterocycles. The van der Waals surface area contributed by atoms with Gasteiger partial charge in [-0.15, -0.1) is 0 Å². The predicted octanol–water partition coefficient (Wildman–Crippen LogP) is 2.17. The monoisotopic (exact) mass is 282 g/mol. The van der Waals surface area contributed by atoms with E-state index < -0.39 is 0 Å². The van der Waals surface area contributed by atoms with E-state index in [0.717, 1.165) is 17.7 Å². The molecule has 2 fully saturated rings. The van der Waals surface area contributed by atoms with Crippen molar-refractivity contribution in [3.63, 3.8) is 0 Å². The average molecular weight is 282 g/mol. The van der Waals surface area contributed by atoms with Crippen LogP contribution in [0.25, 0.3) is 0 Å². The summed E-state index contributed by atoms with van der Waals surface area (Å²) in [5.74, 6) is 0.350. The summed E-state index contributed by atoms with van der Waals surface area (Å²) in [4.78, 5) is 26.4. The number of hydrogen-bond donors (Lipinski definition) is 1. The van der Waals surface area contributed by atoms with Crippen molar-refractivity contribution in [1.82, 2.24) is 4.90 Å². The van der Waals surface area contributed by atoms with E-state index in [4.69, 9.17) is 0 Å². The van der Waals surface area contributed by atoms with Gasteiger partial charge in [-0.1, -0.05) is 24.3 Å². The van der Waals surface area contributed by atoms with Gasteiger partial charge in [0.25, 0.3) is 0 Å². The largest absolute Gasteiger partial charge is 0.367 e. The summed E-state index contributed by atoms with van der Waals surface area (Å²) in [7, 11) is 0. The highest BCUT2D eigenvalue weighted by Crippen LogP contribution is 2.52. The molecule has 4 rings (SSSR count). The predicted molar refractivity (Wildman–Crippen MR) is 79.2 cm³/mol. The fraction of sp³-hybridized carbons (Fsp3) is 0.412. The summed E-state index contributed by atoms with van der Waals surface area (Å²) >= 11 is 0. The zero-order valence-corrected chi connectivity index (χ0v) is 12.0. The first-order chi connectivity index (χ1) is 10.1. The van der Waals surface area contributed by atoms with Gasteiger partial charge in [-0.2, -0.15) is 0 Å². The maximum atomic E-state index is 12.5. The van der Waals surface area contributed by atoms with Crippen LogP contribution in [0.1, 0.15) is 12.0 Å². The van der Waals surface area contributed by atoms with E-state index in [-0.39, 0.29) is 42.2 Å². The van der Waals surface area contributed by atoms with Crippen molar-refractivity contribution >= 4 is 17.5 Å². The molecule has 4 atom stereocenters. The molecule has 4 nitrogen and oxygen atoms in total. The smallest absolute Gasteiger partial charge is 0.235 e. The van der Waals surface area contributed by atoms with Crippen molar-refractivity contribution in [3.8, 4) is 0 Å². The molecule has 0 radical (unpaired) electrons. The van der Waals surface area contributed by atoms with E-state index >= 15 is 0 Å². The molecule has 1 aromatic carbocycles.